The molecule has 160 valence electrons. The van der Waals surface area contributed by atoms with Crippen molar-refractivity contribution < 1.29 is 23.8 Å². The Morgan fingerprint density at radius 1 is 1.00 bits per heavy atom. The lowest BCUT2D eigenvalue weighted by atomic mass is 10.1. The topological polar surface area (TPSA) is 98.2 Å². The molecule has 0 aliphatic carbocycles. The third kappa shape index (κ3) is 6.80. The second-order valence-corrected chi connectivity index (χ2v) is 6.28. The number of carbonyl (C=O) groups is 2. The Kier molecular flexibility index (Phi) is 9.18. The maximum Gasteiger partial charge on any atom is 0.329 e. The Morgan fingerprint density at radius 3 is 2.50 bits per heavy atom. The van der Waals surface area contributed by atoms with Crippen LogP contribution in [0.3, 0.4) is 0 Å². The number of nitrogens with one attached hydrogen (secondary N) is 2. The monoisotopic (exact) mass is 413 g/mol. The van der Waals surface area contributed by atoms with E-state index in [9.17, 15) is 9.59 Å². The fourth-order valence-electron chi connectivity index (χ4n) is 2.58. The van der Waals surface area contributed by atoms with Gasteiger partial charge >= 0.3 is 11.8 Å². The van der Waals surface area contributed by atoms with E-state index < -0.39 is 11.8 Å². The summed E-state index contributed by atoms with van der Waals surface area (Å²) < 4.78 is 16.1. The van der Waals surface area contributed by atoms with Crippen LogP contribution in [-0.4, -0.2) is 45.4 Å². The van der Waals surface area contributed by atoms with Gasteiger partial charge in [0.1, 0.15) is 5.75 Å². The zero-order valence-corrected chi connectivity index (χ0v) is 17.4. The molecule has 0 aromatic heterocycles. The predicted octanol–water partition coefficient (Wildman–Crippen LogP) is 2.30. The summed E-state index contributed by atoms with van der Waals surface area (Å²) in [4.78, 5) is 23.9. The molecular weight excluding hydrogens is 386 g/mol. The first-order valence-electron chi connectivity index (χ1n) is 9.63. The number of benzene rings is 2. The normalized spacial score (nSPS) is 10.5. The Morgan fingerprint density at radius 2 is 1.77 bits per heavy atom. The van der Waals surface area contributed by atoms with E-state index in [1.807, 2.05) is 43.3 Å². The number of para-hydroxylation sites is 1. The van der Waals surface area contributed by atoms with Crippen LogP contribution in [0, 0.1) is 0 Å². The lowest BCUT2D eigenvalue weighted by Crippen LogP contribution is -2.38. The van der Waals surface area contributed by atoms with Crippen molar-refractivity contribution >= 4 is 18.0 Å². The number of hydrogen-bond donors (Lipinski definition) is 2. The van der Waals surface area contributed by atoms with Crippen molar-refractivity contribution in [3.8, 4) is 17.2 Å². The first-order valence-corrected chi connectivity index (χ1v) is 9.63. The van der Waals surface area contributed by atoms with Crippen molar-refractivity contribution in [2.45, 2.75) is 19.8 Å². The predicted molar refractivity (Wildman–Crippen MR) is 114 cm³/mol. The Labute approximate surface area is 176 Å². The smallest absolute Gasteiger partial charge is 0.329 e. The minimum absolute atomic E-state index is 0.291. The lowest BCUT2D eigenvalue weighted by Gasteiger charge is -2.10. The van der Waals surface area contributed by atoms with Crippen molar-refractivity contribution in [3.63, 3.8) is 0 Å². The molecule has 2 N–H and O–H groups in total. The first-order chi connectivity index (χ1) is 14.6. The molecule has 2 aromatic rings. The molecule has 0 bridgehead atoms. The quantitative estimate of drug-likeness (QED) is 0.354. The molecule has 0 atom stereocenters. The van der Waals surface area contributed by atoms with E-state index >= 15 is 0 Å². The fourth-order valence-corrected chi connectivity index (χ4v) is 2.58. The molecule has 2 amide bonds. The van der Waals surface area contributed by atoms with Gasteiger partial charge in [0.2, 0.25) is 0 Å². The van der Waals surface area contributed by atoms with Crippen LogP contribution in [0.2, 0.25) is 0 Å². The Bertz CT molecular complexity index is 883. The molecule has 0 radical (unpaired) electrons. The van der Waals surface area contributed by atoms with Crippen LogP contribution in [0.15, 0.2) is 47.6 Å². The van der Waals surface area contributed by atoms with Gasteiger partial charge in [-0.2, -0.15) is 5.10 Å². The van der Waals surface area contributed by atoms with Gasteiger partial charge in [0.15, 0.2) is 11.5 Å². The summed E-state index contributed by atoms with van der Waals surface area (Å²) in [6, 6.07) is 12.8. The summed E-state index contributed by atoms with van der Waals surface area (Å²) in [7, 11) is 3.12. The molecule has 0 heterocycles. The highest BCUT2D eigenvalue weighted by Gasteiger charge is 2.12. The zero-order chi connectivity index (χ0) is 21.8. The highest BCUT2D eigenvalue weighted by Crippen LogP contribution is 2.27. The minimum atomic E-state index is -0.842. The second kappa shape index (κ2) is 12.1. The molecule has 2 rings (SSSR count). The van der Waals surface area contributed by atoms with Crippen LogP contribution >= 0.6 is 0 Å². The van der Waals surface area contributed by atoms with Gasteiger partial charge in [0.25, 0.3) is 0 Å². The van der Waals surface area contributed by atoms with E-state index in [4.69, 9.17) is 14.2 Å². The van der Waals surface area contributed by atoms with Crippen LogP contribution in [-0.2, 0) is 16.0 Å². The SMILES string of the molecule is CCCOc1ccccc1/C=N\NC(=O)C(=O)NCCc1ccc(OC)c(OC)c1. The summed E-state index contributed by atoms with van der Waals surface area (Å²) in [5, 5.41) is 6.41. The summed E-state index contributed by atoms with van der Waals surface area (Å²) in [5.74, 6) is 0.297. The molecule has 0 aliphatic heterocycles. The molecule has 8 nitrogen and oxygen atoms in total. The van der Waals surface area contributed by atoms with Gasteiger partial charge < -0.3 is 19.5 Å². The molecule has 2 aromatic carbocycles. The average Bonchev–Trinajstić information content (AvgIpc) is 2.78. The van der Waals surface area contributed by atoms with Crippen LogP contribution in [0.5, 0.6) is 17.2 Å². The summed E-state index contributed by atoms with van der Waals surface area (Å²) in [5.41, 5.74) is 3.87. The number of methoxy groups -OCH3 is 2. The van der Waals surface area contributed by atoms with E-state index in [0.29, 0.717) is 42.4 Å². The third-order valence-electron chi connectivity index (χ3n) is 4.10. The molecule has 0 spiro atoms. The number of rotatable bonds is 10. The van der Waals surface area contributed by atoms with Gasteiger partial charge in [0, 0.05) is 12.1 Å². The van der Waals surface area contributed by atoms with Gasteiger partial charge in [-0.1, -0.05) is 25.1 Å². The number of amides is 2. The third-order valence-corrected chi connectivity index (χ3v) is 4.10. The molecule has 8 heteroatoms. The highest BCUT2D eigenvalue weighted by molar-refractivity contribution is 6.35. The Hall–Kier alpha value is -3.55. The maximum absolute atomic E-state index is 11.9. The number of ether oxygens (including phenoxy) is 3. The van der Waals surface area contributed by atoms with E-state index in [2.05, 4.69) is 15.8 Å². The van der Waals surface area contributed by atoms with Crippen LogP contribution in [0.1, 0.15) is 24.5 Å². The van der Waals surface area contributed by atoms with Crippen molar-refractivity contribution in [3.05, 3.63) is 53.6 Å². The van der Waals surface area contributed by atoms with Crippen molar-refractivity contribution in [1.82, 2.24) is 10.7 Å². The minimum Gasteiger partial charge on any atom is -0.493 e. The summed E-state index contributed by atoms with van der Waals surface area (Å²) >= 11 is 0. The number of hydrazone groups is 1. The number of nitrogens with zero attached hydrogens (tertiary/aromatic N) is 1. The molecule has 0 fully saturated rings. The van der Waals surface area contributed by atoms with Crippen molar-refractivity contribution in [2.24, 2.45) is 5.10 Å². The maximum atomic E-state index is 11.9. The molecule has 0 saturated carbocycles. The van der Waals surface area contributed by atoms with Gasteiger partial charge in [-0.25, -0.2) is 5.43 Å². The molecule has 0 saturated heterocycles. The standard InChI is InChI=1S/C22H27N3O5/c1-4-13-30-18-8-6-5-7-17(18)15-24-25-22(27)21(26)23-12-11-16-9-10-19(28-2)20(14-16)29-3/h5-10,14-15H,4,11-13H2,1-3H3,(H,23,26)(H,25,27)/b24-15-. The van der Waals surface area contributed by atoms with Crippen LogP contribution < -0.4 is 25.0 Å². The summed E-state index contributed by atoms with van der Waals surface area (Å²) in [6.07, 6.45) is 2.86. The lowest BCUT2D eigenvalue weighted by molar-refractivity contribution is -0.139. The van der Waals surface area contributed by atoms with E-state index in [0.717, 1.165) is 12.0 Å². The molecule has 0 aliphatic rings. The number of hydrogen-bond acceptors (Lipinski definition) is 6. The average molecular weight is 413 g/mol. The Balaban J connectivity index is 1.81. The van der Waals surface area contributed by atoms with Crippen LogP contribution in [0.4, 0.5) is 0 Å². The fraction of sp³-hybridized carbons (Fsp3) is 0.318. The van der Waals surface area contributed by atoms with Crippen LogP contribution in [0.25, 0.3) is 0 Å². The molecular formula is C22H27N3O5. The van der Waals surface area contributed by atoms with E-state index in [1.54, 1.807) is 20.3 Å². The molecule has 0 unspecified atom stereocenters. The van der Waals surface area contributed by atoms with Crippen molar-refractivity contribution in [1.29, 1.82) is 0 Å². The van der Waals surface area contributed by atoms with Gasteiger partial charge in [-0.05, 0) is 42.7 Å². The van der Waals surface area contributed by atoms with Gasteiger partial charge in [-0.15, -0.1) is 0 Å². The van der Waals surface area contributed by atoms with Crippen molar-refractivity contribution in [2.75, 3.05) is 27.4 Å². The summed E-state index contributed by atoms with van der Waals surface area (Å²) in [6.45, 7) is 2.89. The van der Waals surface area contributed by atoms with Gasteiger partial charge in [-0.3, -0.25) is 9.59 Å². The van der Waals surface area contributed by atoms with E-state index in [1.165, 1.54) is 6.21 Å². The zero-order valence-electron chi connectivity index (χ0n) is 17.4. The largest absolute Gasteiger partial charge is 0.493 e. The first kappa shape index (κ1) is 22.7. The highest BCUT2D eigenvalue weighted by atomic mass is 16.5. The van der Waals surface area contributed by atoms with E-state index in [-0.39, 0.29) is 0 Å². The second-order valence-electron chi connectivity index (χ2n) is 6.28. The number of carbonyl (C=O) groups excluding carboxylic acids is 2. The van der Waals surface area contributed by atoms with Gasteiger partial charge in [0.05, 0.1) is 27.0 Å². The molecule has 30 heavy (non-hydrogen) atoms.